The maximum Gasteiger partial charge on any atom is 0.183 e. The highest BCUT2D eigenvalue weighted by Gasteiger charge is 2.13. The molecular formula is C15H11FN2OS2. The van der Waals surface area contributed by atoms with Crippen molar-refractivity contribution in [2.75, 3.05) is 5.75 Å². The van der Waals surface area contributed by atoms with Gasteiger partial charge in [-0.1, -0.05) is 23.9 Å². The summed E-state index contributed by atoms with van der Waals surface area (Å²) in [5.74, 6) is 0.460. The minimum absolute atomic E-state index is 0.0517. The van der Waals surface area contributed by atoms with E-state index in [1.165, 1.54) is 29.2 Å². The summed E-state index contributed by atoms with van der Waals surface area (Å²) in [6, 6.07) is 8.43. The maximum absolute atomic E-state index is 13.8. The first-order valence-electron chi connectivity index (χ1n) is 6.27. The molecular weight excluding hydrogens is 307 g/mol. The lowest BCUT2D eigenvalue weighted by Gasteiger charge is -2.06. The fourth-order valence-electron chi connectivity index (χ4n) is 1.95. The van der Waals surface area contributed by atoms with Crippen LogP contribution in [-0.2, 0) is 0 Å². The van der Waals surface area contributed by atoms with E-state index >= 15 is 0 Å². The van der Waals surface area contributed by atoms with Gasteiger partial charge < -0.3 is 0 Å². The average molecular weight is 318 g/mol. The van der Waals surface area contributed by atoms with Crippen LogP contribution in [-0.4, -0.2) is 21.5 Å². The number of benzene rings is 1. The van der Waals surface area contributed by atoms with E-state index in [9.17, 15) is 9.18 Å². The number of hydrogen-bond acceptors (Lipinski definition) is 5. The molecule has 6 heteroatoms. The predicted molar refractivity (Wildman–Crippen MR) is 83.6 cm³/mol. The number of thioether (sulfide) groups is 1. The lowest BCUT2D eigenvalue weighted by atomic mass is 10.2. The quantitative estimate of drug-likeness (QED) is 0.412. The standard InChI is InChI=1S/C15H11FN2OS2/c1-9-17-14-10(4-2-5-11(14)16)15(18-9)21-8-12(19)13-6-3-7-20-13/h2-7H,8H2,1H3. The molecule has 0 aliphatic carbocycles. The molecule has 3 nitrogen and oxygen atoms in total. The Morgan fingerprint density at radius 1 is 1.29 bits per heavy atom. The predicted octanol–water partition coefficient (Wildman–Crippen LogP) is 4.11. The molecule has 0 radical (unpaired) electrons. The van der Waals surface area contributed by atoms with Crippen molar-refractivity contribution in [1.82, 2.24) is 9.97 Å². The molecule has 21 heavy (non-hydrogen) atoms. The molecule has 0 spiro atoms. The summed E-state index contributed by atoms with van der Waals surface area (Å²) in [5, 5.41) is 3.16. The number of aromatic nitrogens is 2. The summed E-state index contributed by atoms with van der Waals surface area (Å²) in [4.78, 5) is 21.2. The second-order valence-electron chi connectivity index (χ2n) is 4.40. The molecule has 0 fully saturated rings. The third-order valence-electron chi connectivity index (χ3n) is 2.89. The molecule has 0 aliphatic rings. The number of nitrogens with zero attached hydrogens (tertiary/aromatic N) is 2. The average Bonchev–Trinajstić information content (AvgIpc) is 3.00. The molecule has 0 bridgehead atoms. The normalized spacial score (nSPS) is 11.0. The van der Waals surface area contributed by atoms with Crippen molar-refractivity contribution in [2.24, 2.45) is 0 Å². The van der Waals surface area contributed by atoms with Gasteiger partial charge in [0, 0.05) is 5.39 Å². The van der Waals surface area contributed by atoms with Crippen LogP contribution in [0.5, 0.6) is 0 Å². The number of rotatable bonds is 4. The third-order valence-corrected chi connectivity index (χ3v) is 4.79. The van der Waals surface area contributed by atoms with E-state index in [-0.39, 0.29) is 17.4 Å². The highest BCUT2D eigenvalue weighted by atomic mass is 32.2. The molecule has 0 N–H and O–H groups in total. The molecule has 2 aromatic heterocycles. The van der Waals surface area contributed by atoms with Gasteiger partial charge in [-0.25, -0.2) is 14.4 Å². The highest BCUT2D eigenvalue weighted by Crippen LogP contribution is 2.27. The van der Waals surface area contributed by atoms with E-state index in [0.29, 0.717) is 21.8 Å². The SMILES string of the molecule is Cc1nc(SCC(=O)c2cccs2)c2cccc(F)c2n1. The molecule has 106 valence electrons. The summed E-state index contributed by atoms with van der Waals surface area (Å²) in [7, 11) is 0. The molecule has 0 unspecified atom stereocenters. The zero-order valence-corrected chi connectivity index (χ0v) is 12.8. The van der Waals surface area contributed by atoms with Crippen LogP contribution in [0.15, 0.2) is 40.7 Å². The van der Waals surface area contributed by atoms with E-state index < -0.39 is 0 Å². The van der Waals surface area contributed by atoms with Crippen LogP contribution in [0.3, 0.4) is 0 Å². The topological polar surface area (TPSA) is 42.9 Å². The molecule has 1 aromatic carbocycles. The zero-order valence-electron chi connectivity index (χ0n) is 11.2. The first-order valence-corrected chi connectivity index (χ1v) is 8.14. The van der Waals surface area contributed by atoms with Crippen molar-refractivity contribution in [3.63, 3.8) is 0 Å². The number of carbonyl (C=O) groups excluding carboxylic acids is 1. The molecule has 2 heterocycles. The van der Waals surface area contributed by atoms with Gasteiger partial charge in [-0.2, -0.15) is 0 Å². The number of halogens is 1. The van der Waals surface area contributed by atoms with Crippen molar-refractivity contribution in [1.29, 1.82) is 0 Å². The molecule has 3 rings (SSSR count). The zero-order chi connectivity index (χ0) is 14.8. The van der Waals surface area contributed by atoms with E-state index in [4.69, 9.17) is 0 Å². The summed E-state index contributed by atoms with van der Waals surface area (Å²) >= 11 is 2.74. The van der Waals surface area contributed by atoms with Gasteiger partial charge in [0.2, 0.25) is 0 Å². The van der Waals surface area contributed by atoms with Crippen molar-refractivity contribution in [3.05, 3.63) is 52.2 Å². The van der Waals surface area contributed by atoms with Gasteiger partial charge in [0.1, 0.15) is 22.2 Å². The van der Waals surface area contributed by atoms with Gasteiger partial charge in [-0.3, -0.25) is 4.79 Å². The van der Waals surface area contributed by atoms with Crippen LogP contribution in [0.2, 0.25) is 0 Å². The van der Waals surface area contributed by atoms with Crippen LogP contribution >= 0.6 is 23.1 Å². The smallest absolute Gasteiger partial charge is 0.183 e. The lowest BCUT2D eigenvalue weighted by Crippen LogP contribution is -2.01. The Morgan fingerprint density at radius 3 is 2.90 bits per heavy atom. The van der Waals surface area contributed by atoms with Crippen molar-refractivity contribution < 1.29 is 9.18 Å². The van der Waals surface area contributed by atoms with Gasteiger partial charge in [0.25, 0.3) is 0 Å². The second-order valence-corrected chi connectivity index (χ2v) is 6.31. The minimum atomic E-state index is -0.371. The van der Waals surface area contributed by atoms with E-state index in [2.05, 4.69) is 9.97 Å². The molecule has 0 saturated carbocycles. The summed E-state index contributed by atoms with van der Waals surface area (Å²) in [5.41, 5.74) is 0.302. The number of fused-ring (bicyclic) bond motifs is 1. The van der Waals surface area contributed by atoms with Crippen LogP contribution in [0.1, 0.15) is 15.5 Å². The maximum atomic E-state index is 13.8. The molecule has 0 amide bonds. The van der Waals surface area contributed by atoms with Crippen LogP contribution in [0.4, 0.5) is 4.39 Å². The Bertz CT molecular complexity index is 803. The number of ketones is 1. The summed E-state index contributed by atoms with van der Waals surface area (Å²) < 4.78 is 13.8. The van der Waals surface area contributed by atoms with Crippen LogP contribution in [0, 0.1) is 12.7 Å². The lowest BCUT2D eigenvalue weighted by molar-refractivity contribution is 0.102. The van der Waals surface area contributed by atoms with Gasteiger partial charge in [0.15, 0.2) is 5.78 Å². The number of thiophene rings is 1. The van der Waals surface area contributed by atoms with Crippen molar-refractivity contribution >= 4 is 39.8 Å². The van der Waals surface area contributed by atoms with Gasteiger partial charge in [-0.05, 0) is 30.5 Å². The number of aryl methyl sites for hydroxylation is 1. The first-order chi connectivity index (χ1) is 10.1. The molecule has 3 aromatic rings. The van der Waals surface area contributed by atoms with Crippen LogP contribution < -0.4 is 0 Å². The van der Waals surface area contributed by atoms with E-state index in [1.54, 1.807) is 25.1 Å². The van der Waals surface area contributed by atoms with Gasteiger partial charge >= 0.3 is 0 Å². The number of hydrogen-bond donors (Lipinski definition) is 0. The monoisotopic (exact) mass is 318 g/mol. The fourth-order valence-corrected chi connectivity index (χ4v) is 3.64. The Kier molecular flexibility index (Phi) is 3.98. The number of carbonyl (C=O) groups is 1. The van der Waals surface area contributed by atoms with Crippen molar-refractivity contribution in [3.8, 4) is 0 Å². The first kappa shape index (κ1) is 14.2. The Hall–Kier alpha value is -1.79. The Morgan fingerprint density at radius 2 is 2.14 bits per heavy atom. The summed E-state index contributed by atoms with van der Waals surface area (Å²) in [6.07, 6.45) is 0. The molecule has 0 saturated heterocycles. The summed E-state index contributed by atoms with van der Waals surface area (Å²) in [6.45, 7) is 1.72. The molecule has 0 atom stereocenters. The van der Waals surface area contributed by atoms with E-state index in [0.717, 1.165) is 4.88 Å². The Balaban J connectivity index is 1.90. The van der Waals surface area contributed by atoms with Crippen LogP contribution in [0.25, 0.3) is 10.9 Å². The Labute approximate surface area is 129 Å². The number of Topliss-reactive ketones (excluding diaryl/α,β-unsaturated/α-hetero) is 1. The largest absolute Gasteiger partial charge is 0.292 e. The van der Waals surface area contributed by atoms with E-state index in [1.807, 2.05) is 11.4 Å². The second kappa shape index (κ2) is 5.91. The highest BCUT2D eigenvalue weighted by molar-refractivity contribution is 8.00. The third kappa shape index (κ3) is 2.96. The fraction of sp³-hybridized carbons (Fsp3) is 0.133. The van der Waals surface area contributed by atoms with Gasteiger partial charge in [-0.15, -0.1) is 11.3 Å². The number of para-hydroxylation sites is 1. The minimum Gasteiger partial charge on any atom is -0.292 e. The molecule has 0 aliphatic heterocycles. The van der Waals surface area contributed by atoms with Crippen molar-refractivity contribution in [2.45, 2.75) is 11.9 Å². The van der Waals surface area contributed by atoms with Gasteiger partial charge in [0.05, 0.1) is 10.6 Å².